The van der Waals surface area contributed by atoms with Crippen molar-refractivity contribution in [1.29, 1.82) is 0 Å². The fourth-order valence-corrected chi connectivity index (χ4v) is 4.15. The number of anilines is 1. The molecule has 0 radical (unpaired) electrons. The monoisotopic (exact) mass is 409 g/mol. The van der Waals surface area contributed by atoms with E-state index in [9.17, 15) is 4.79 Å². The highest BCUT2D eigenvalue weighted by molar-refractivity contribution is 7.98. The van der Waals surface area contributed by atoms with Crippen molar-refractivity contribution in [2.75, 3.05) is 31.1 Å². The van der Waals surface area contributed by atoms with Crippen molar-refractivity contribution in [3.8, 4) is 0 Å². The van der Waals surface area contributed by atoms with Crippen molar-refractivity contribution >= 4 is 23.5 Å². The van der Waals surface area contributed by atoms with Gasteiger partial charge in [0.15, 0.2) is 5.82 Å². The molecule has 1 saturated heterocycles. The molecule has 0 N–H and O–H groups in total. The predicted molar refractivity (Wildman–Crippen MR) is 112 cm³/mol. The first-order chi connectivity index (χ1) is 14.1. The van der Waals surface area contributed by atoms with Crippen LogP contribution in [-0.2, 0) is 5.75 Å². The highest BCUT2D eigenvalue weighted by Crippen LogP contribution is 2.27. The van der Waals surface area contributed by atoms with Crippen LogP contribution in [0.2, 0.25) is 0 Å². The van der Waals surface area contributed by atoms with Crippen LogP contribution in [0.3, 0.4) is 0 Å². The molecule has 7 nitrogen and oxygen atoms in total. The van der Waals surface area contributed by atoms with E-state index < -0.39 is 0 Å². The lowest BCUT2D eigenvalue weighted by Crippen LogP contribution is -2.49. The van der Waals surface area contributed by atoms with Gasteiger partial charge in [-0.1, -0.05) is 23.4 Å². The molecule has 0 spiro atoms. The maximum Gasteiger partial charge on any atom is 0.255 e. The number of pyridine rings is 1. The minimum atomic E-state index is 0.0638. The highest BCUT2D eigenvalue weighted by Gasteiger charge is 2.24. The number of benzene rings is 1. The Morgan fingerprint density at radius 1 is 1.10 bits per heavy atom. The van der Waals surface area contributed by atoms with Gasteiger partial charge in [0.1, 0.15) is 5.82 Å². The number of carbonyl (C=O) groups is 1. The van der Waals surface area contributed by atoms with Crippen LogP contribution in [0.15, 0.2) is 52.0 Å². The summed E-state index contributed by atoms with van der Waals surface area (Å²) < 4.78 is 5.02. The Balaban J connectivity index is 1.40. The van der Waals surface area contributed by atoms with Crippen molar-refractivity contribution in [3.05, 3.63) is 65.4 Å². The van der Waals surface area contributed by atoms with Gasteiger partial charge >= 0.3 is 0 Å². The van der Waals surface area contributed by atoms with Crippen molar-refractivity contribution < 1.29 is 9.32 Å². The van der Waals surface area contributed by atoms with Gasteiger partial charge in [0.25, 0.3) is 5.91 Å². The standard InChI is InChI=1S/C21H23N5O2S/c1-15-7-8-20(22-13-15)25-9-11-26(12-10-25)21(27)17-5-3-4-6-18(17)29-14-19-23-16(2)28-24-19/h3-8,13H,9-12,14H2,1-2H3. The van der Waals surface area contributed by atoms with Crippen molar-refractivity contribution in [1.82, 2.24) is 20.0 Å². The van der Waals surface area contributed by atoms with Gasteiger partial charge < -0.3 is 14.3 Å². The van der Waals surface area contributed by atoms with Gasteiger partial charge in [-0.25, -0.2) is 4.98 Å². The predicted octanol–water partition coefficient (Wildman–Crippen LogP) is 3.34. The fourth-order valence-electron chi connectivity index (χ4n) is 3.27. The molecule has 0 bridgehead atoms. The number of hydrogen-bond donors (Lipinski definition) is 0. The fraction of sp³-hybridized carbons (Fsp3) is 0.333. The maximum atomic E-state index is 13.2. The van der Waals surface area contributed by atoms with Crippen molar-refractivity contribution in [2.24, 2.45) is 0 Å². The van der Waals surface area contributed by atoms with Gasteiger partial charge in [-0.05, 0) is 30.7 Å². The molecule has 8 heteroatoms. The molecule has 3 aromatic rings. The lowest BCUT2D eigenvalue weighted by molar-refractivity contribution is 0.0743. The lowest BCUT2D eigenvalue weighted by Gasteiger charge is -2.35. The zero-order valence-corrected chi connectivity index (χ0v) is 17.4. The van der Waals surface area contributed by atoms with E-state index in [0.29, 0.717) is 30.6 Å². The number of rotatable bonds is 5. The van der Waals surface area contributed by atoms with Crippen molar-refractivity contribution in [3.63, 3.8) is 0 Å². The van der Waals surface area contributed by atoms with E-state index in [4.69, 9.17) is 4.52 Å². The third kappa shape index (κ3) is 4.59. The molecule has 1 fully saturated rings. The van der Waals surface area contributed by atoms with Crippen LogP contribution in [0.25, 0.3) is 0 Å². The summed E-state index contributed by atoms with van der Waals surface area (Å²) in [6.45, 7) is 6.71. The molecule has 4 rings (SSSR count). The van der Waals surface area contributed by atoms with Crippen LogP contribution in [0.1, 0.15) is 27.6 Å². The Morgan fingerprint density at radius 2 is 1.90 bits per heavy atom. The first-order valence-electron chi connectivity index (χ1n) is 9.58. The van der Waals surface area contributed by atoms with E-state index in [2.05, 4.69) is 26.1 Å². The number of thioether (sulfide) groups is 1. The molecular formula is C21H23N5O2S. The summed E-state index contributed by atoms with van der Waals surface area (Å²) in [5.41, 5.74) is 1.87. The largest absolute Gasteiger partial charge is 0.353 e. The topological polar surface area (TPSA) is 75.4 Å². The third-order valence-electron chi connectivity index (χ3n) is 4.83. The van der Waals surface area contributed by atoms with Crippen LogP contribution in [0.4, 0.5) is 5.82 Å². The SMILES string of the molecule is Cc1ccc(N2CCN(C(=O)c3ccccc3SCc3noc(C)n3)CC2)nc1. The second-order valence-electron chi connectivity index (χ2n) is 6.99. The van der Waals surface area contributed by atoms with E-state index in [1.54, 1.807) is 18.7 Å². The molecular weight excluding hydrogens is 386 g/mol. The van der Waals surface area contributed by atoms with E-state index >= 15 is 0 Å². The van der Waals surface area contributed by atoms with E-state index in [0.717, 1.165) is 34.9 Å². The number of amides is 1. The molecule has 29 heavy (non-hydrogen) atoms. The third-order valence-corrected chi connectivity index (χ3v) is 5.90. The molecule has 3 heterocycles. The zero-order chi connectivity index (χ0) is 20.2. The molecule has 150 valence electrons. The minimum Gasteiger partial charge on any atom is -0.353 e. The van der Waals surface area contributed by atoms with Crippen LogP contribution >= 0.6 is 11.8 Å². The Hall–Kier alpha value is -2.87. The molecule has 0 saturated carbocycles. The van der Waals surface area contributed by atoms with Gasteiger partial charge in [0.05, 0.1) is 11.3 Å². The smallest absolute Gasteiger partial charge is 0.255 e. The number of aromatic nitrogens is 3. The highest BCUT2D eigenvalue weighted by atomic mass is 32.2. The summed E-state index contributed by atoms with van der Waals surface area (Å²) in [4.78, 5) is 27.0. The number of aryl methyl sites for hydroxylation is 2. The summed E-state index contributed by atoms with van der Waals surface area (Å²) in [5, 5.41) is 3.92. The summed E-state index contributed by atoms with van der Waals surface area (Å²) in [6, 6.07) is 11.8. The maximum absolute atomic E-state index is 13.2. The first-order valence-corrected chi connectivity index (χ1v) is 10.6. The van der Waals surface area contributed by atoms with Crippen molar-refractivity contribution in [2.45, 2.75) is 24.5 Å². The molecule has 1 aromatic carbocycles. The number of carbonyl (C=O) groups excluding carboxylic acids is 1. The lowest BCUT2D eigenvalue weighted by atomic mass is 10.1. The molecule has 1 amide bonds. The van der Waals surface area contributed by atoms with Crippen LogP contribution in [-0.4, -0.2) is 52.1 Å². The Bertz CT molecular complexity index is 981. The Labute approximate surface area is 174 Å². The summed E-state index contributed by atoms with van der Waals surface area (Å²) in [5.74, 6) is 2.77. The number of hydrogen-bond acceptors (Lipinski definition) is 7. The summed E-state index contributed by atoms with van der Waals surface area (Å²) in [6.07, 6.45) is 1.88. The van der Waals surface area contributed by atoms with Gasteiger partial charge in [0, 0.05) is 44.2 Å². The van der Waals surface area contributed by atoms with Crippen LogP contribution in [0.5, 0.6) is 0 Å². The molecule has 0 aliphatic carbocycles. The molecule has 1 aliphatic rings. The van der Waals surface area contributed by atoms with Gasteiger partial charge in [-0.15, -0.1) is 11.8 Å². The average Bonchev–Trinajstić information content (AvgIpc) is 3.18. The van der Waals surface area contributed by atoms with E-state index in [-0.39, 0.29) is 5.91 Å². The number of nitrogens with zero attached hydrogens (tertiary/aromatic N) is 5. The van der Waals surface area contributed by atoms with Gasteiger partial charge in [-0.3, -0.25) is 4.79 Å². The zero-order valence-electron chi connectivity index (χ0n) is 16.5. The minimum absolute atomic E-state index is 0.0638. The van der Waals surface area contributed by atoms with Gasteiger partial charge in [0.2, 0.25) is 5.89 Å². The Morgan fingerprint density at radius 3 is 2.59 bits per heavy atom. The molecule has 1 aliphatic heterocycles. The Kier molecular flexibility index (Phi) is 5.80. The average molecular weight is 410 g/mol. The number of piperazine rings is 1. The molecule has 2 aromatic heterocycles. The van der Waals surface area contributed by atoms with E-state index in [1.165, 1.54) is 0 Å². The summed E-state index contributed by atoms with van der Waals surface area (Å²) >= 11 is 1.55. The van der Waals surface area contributed by atoms with Crippen LogP contribution in [0, 0.1) is 13.8 Å². The first kappa shape index (κ1) is 19.4. The second-order valence-corrected chi connectivity index (χ2v) is 8.00. The normalized spacial score (nSPS) is 14.3. The van der Waals surface area contributed by atoms with Gasteiger partial charge in [-0.2, -0.15) is 4.98 Å². The molecule has 0 atom stereocenters. The second kappa shape index (κ2) is 8.65. The molecule has 0 unspecified atom stereocenters. The van der Waals surface area contributed by atoms with Crippen LogP contribution < -0.4 is 4.90 Å². The van der Waals surface area contributed by atoms with E-state index in [1.807, 2.05) is 48.4 Å². The summed E-state index contributed by atoms with van der Waals surface area (Å²) in [7, 11) is 0. The quantitative estimate of drug-likeness (QED) is 0.598.